The molecule has 0 bridgehead atoms. The van der Waals surface area contributed by atoms with Crippen LogP contribution in [0.2, 0.25) is 0 Å². The maximum atomic E-state index is 5.46. The minimum absolute atomic E-state index is 0.239. The van der Waals surface area contributed by atoms with E-state index in [2.05, 4.69) is 26.0 Å². The molecule has 0 atom stereocenters. The van der Waals surface area contributed by atoms with E-state index in [-0.39, 0.29) is 5.54 Å². The quantitative estimate of drug-likeness (QED) is 0.717. The lowest BCUT2D eigenvalue weighted by atomic mass is 9.95. The first-order valence-electron chi connectivity index (χ1n) is 7.88. The fourth-order valence-corrected chi connectivity index (χ4v) is 2.54. The summed E-state index contributed by atoms with van der Waals surface area (Å²) in [5, 5.41) is 0. The molecule has 0 amide bonds. The number of hydrogen-bond donors (Lipinski definition) is 0. The molecule has 128 valence electrons. The number of nitrogens with zero attached hydrogens (tertiary/aromatic N) is 1. The number of benzene rings is 2. The molecule has 0 aromatic heterocycles. The van der Waals surface area contributed by atoms with E-state index in [1.165, 1.54) is 5.56 Å². The minimum atomic E-state index is -0.239. The summed E-state index contributed by atoms with van der Waals surface area (Å²) >= 11 is 0. The second-order valence-corrected chi connectivity index (χ2v) is 6.18. The Labute approximate surface area is 144 Å². The Balaban J connectivity index is 2.30. The summed E-state index contributed by atoms with van der Waals surface area (Å²) in [5.74, 6) is 2.03. The van der Waals surface area contributed by atoms with Crippen LogP contribution >= 0.6 is 0 Å². The Bertz CT molecular complexity index is 668. The first kappa shape index (κ1) is 17.9. The van der Waals surface area contributed by atoms with Crippen LogP contribution in [0.25, 0.3) is 0 Å². The first-order valence-corrected chi connectivity index (χ1v) is 7.88. The molecule has 4 nitrogen and oxygen atoms in total. The van der Waals surface area contributed by atoms with Crippen molar-refractivity contribution in [2.24, 2.45) is 4.99 Å². The van der Waals surface area contributed by atoms with Gasteiger partial charge in [0.2, 0.25) is 0 Å². The second kappa shape index (κ2) is 7.86. The lowest BCUT2D eigenvalue weighted by Gasteiger charge is -2.20. The van der Waals surface area contributed by atoms with Crippen LogP contribution in [-0.4, -0.2) is 33.1 Å². The molecule has 0 aliphatic heterocycles. The summed E-state index contributed by atoms with van der Waals surface area (Å²) < 4.78 is 16.2. The van der Waals surface area contributed by atoms with Crippen LogP contribution in [0.15, 0.2) is 47.5 Å². The number of hydrogen-bond acceptors (Lipinski definition) is 4. The summed E-state index contributed by atoms with van der Waals surface area (Å²) in [5.41, 5.74) is 1.83. The summed E-state index contributed by atoms with van der Waals surface area (Å²) in [6.07, 6.45) is 2.67. The molecule has 0 unspecified atom stereocenters. The molecule has 2 aromatic rings. The van der Waals surface area contributed by atoms with E-state index in [4.69, 9.17) is 19.2 Å². The van der Waals surface area contributed by atoms with E-state index in [9.17, 15) is 0 Å². The standard InChI is InChI=1S/C20H25NO3/c1-20(2,13-15-9-7-6-8-10-15)21-14-17-18(23-4)11-16(22-3)12-19(17)24-5/h6-12,14H,13H2,1-5H3. The van der Waals surface area contributed by atoms with Gasteiger partial charge in [-0.05, 0) is 25.8 Å². The third-order valence-corrected chi connectivity index (χ3v) is 3.78. The molecular weight excluding hydrogens is 302 g/mol. The zero-order chi connectivity index (χ0) is 17.6. The second-order valence-electron chi connectivity index (χ2n) is 6.18. The van der Waals surface area contributed by atoms with Crippen LogP contribution < -0.4 is 14.2 Å². The van der Waals surface area contributed by atoms with Gasteiger partial charge in [-0.15, -0.1) is 0 Å². The van der Waals surface area contributed by atoms with Crippen molar-refractivity contribution in [2.45, 2.75) is 25.8 Å². The maximum absolute atomic E-state index is 5.46. The van der Waals surface area contributed by atoms with Gasteiger partial charge in [-0.3, -0.25) is 4.99 Å². The Morgan fingerprint density at radius 3 is 2.00 bits per heavy atom. The molecule has 0 N–H and O–H groups in total. The van der Waals surface area contributed by atoms with Gasteiger partial charge in [0, 0.05) is 18.3 Å². The van der Waals surface area contributed by atoms with Crippen LogP contribution in [0.5, 0.6) is 17.2 Å². The highest BCUT2D eigenvalue weighted by molar-refractivity contribution is 5.88. The molecule has 24 heavy (non-hydrogen) atoms. The molecule has 0 saturated heterocycles. The van der Waals surface area contributed by atoms with Crippen LogP contribution in [-0.2, 0) is 6.42 Å². The van der Waals surface area contributed by atoms with Gasteiger partial charge in [0.15, 0.2) is 0 Å². The summed E-state index contributed by atoms with van der Waals surface area (Å²) in [6.45, 7) is 4.22. The van der Waals surface area contributed by atoms with E-state index >= 15 is 0 Å². The summed E-state index contributed by atoms with van der Waals surface area (Å²) in [6, 6.07) is 14.0. The normalized spacial score (nSPS) is 11.5. The Hall–Kier alpha value is -2.49. The Kier molecular flexibility index (Phi) is 5.85. The minimum Gasteiger partial charge on any atom is -0.496 e. The molecule has 0 radical (unpaired) electrons. The van der Waals surface area contributed by atoms with Crippen LogP contribution in [0.1, 0.15) is 25.0 Å². The Morgan fingerprint density at radius 1 is 0.917 bits per heavy atom. The van der Waals surface area contributed by atoms with Crippen molar-refractivity contribution >= 4 is 6.21 Å². The average Bonchev–Trinajstić information content (AvgIpc) is 2.59. The van der Waals surface area contributed by atoms with Gasteiger partial charge in [-0.1, -0.05) is 30.3 Å². The van der Waals surface area contributed by atoms with Gasteiger partial charge in [-0.25, -0.2) is 0 Å². The molecule has 4 heteroatoms. The monoisotopic (exact) mass is 327 g/mol. The highest BCUT2D eigenvalue weighted by Gasteiger charge is 2.18. The smallest absolute Gasteiger partial charge is 0.135 e. The van der Waals surface area contributed by atoms with Gasteiger partial charge < -0.3 is 14.2 Å². The van der Waals surface area contributed by atoms with Gasteiger partial charge >= 0.3 is 0 Å². The zero-order valence-corrected chi connectivity index (χ0v) is 15.0. The van der Waals surface area contributed by atoms with Crippen molar-refractivity contribution in [2.75, 3.05) is 21.3 Å². The van der Waals surface area contributed by atoms with Gasteiger partial charge in [0.1, 0.15) is 17.2 Å². The van der Waals surface area contributed by atoms with E-state index in [0.29, 0.717) is 17.2 Å². The van der Waals surface area contributed by atoms with Crippen LogP contribution in [0, 0.1) is 0 Å². The predicted molar refractivity (Wildman–Crippen MR) is 97.9 cm³/mol. The summed E-state index contributed by atoms with van der Waals surface area (Å²) in [7, 11) is 4.87. The highest BCUT2D eigenvalue weighted by atomic mass is 16.5. The molecule has 0 saturated carbocycles. The number of methoxy groups -OCH3 is 3. The third-order valence-electron chi connectivity index (χ3n) is 3.78. The lowest BCUT2D eigenvalue weighted by molar-refractivity contribution is 0.374. The molecular formula is C20H25NO3. The maximum Gasteiger partial charge on any atom is 0.135 e. The highest BCUT2D eigenvalue weighted by Crippen LogP contribution is 2.33. The molecule has 2 aromatic carbocycles. The van der Waals surface area contributed by atoms with E-state index in [0.717, 1.165) is 12.0 Å². The topological polar surface area (TPSA) is 40.0 Å². The molecule has 0 spiro atoms. The average molecular weight is 327 g/mol. The molecule has 0 aliphatic carbocycles. The van der Waals surface area contributed by atoms with Crippen molar-refractivity contribution < 1.29 is 14.2 Å². The van der Waals surface area contributed by atoms with Crippen molar-refractivity contribution in [1.29, 1.82) is 0 Å². The Morgan fingerprint density at radius 2 is 1.50 bits per heavy atom. The lowest BCUT2D eigenvalue weighted by Crippen LogP contribution is -2.20. The molecule has 2 rings (SSSR count). The molecule has 0 aliphatic rings. The predicted octanol–water partition coefficient (Wildman–Crippen LogP) is 4.15. The first-order chi connectivity index (χ1) is 11.5. The molecule has 0 fully saturated rings. The van der Waals surface area contributed by atoms with Crippen molar-refractivity contribution in [1.82, 2.24) is 0 Å². The summed E-state index contributed by atoms with van der Waals surface area (Å²) in [4.78, 5) is 4.77. The van der Waals surface area contributed by atoms with E-state index in [1.807, 2.05) is 36.5 Å². The largest absolute Gasteiger partial charge is 0.496 e. The fourth-order valence-electron chi connectivity index (χ4n) is 2.54. The zero-order valence-electron chi connectivity index (χ0n) is 15.0. The van der Waals surface area contributed by atoms with Crippen LogP contribution in [0.4, 0.5) is 0 Å². The van der Waals surface area contributed by atoms with E-state index in [1.54, 1.807) is 21.3 Å². The fraction of sp³-hybridized carbons (Fsp3) is 0.350. The van der Waals surface area contributed by atoms with Crippen molar-refractivity contribution in [3.8, 4) is 17.2 Å². The van der Waals surface area contributed by atoms with Gasteiger partial charge in [0.05, 0.1) is 32.4 Å². The number of ether oxygens (including phenoxy) is 3. The van der Waals surface area contributed by atoms with Gasteiger partial charge in [0.25, 0.3) is 0 Å². The van der Waals surface area contributed by atoms with Crippen molar-refractivity contribution in [3.63, 3.8) is 0 Å². The van der Waals surface area contributed by atoms with Crippen molar-refractivity contribution in [3.05, 3.63) is 53.6 Å². The van der Waals surface area contributed by atoms with Crippen LogP contribution in [0.3, 0.4) is 0 Å². The van der Waals surface area contributed by atoms with Gasteiger partial charge in [-0.2, -0.15) is 0 Å². The SMILES string of the molecule is COc1cc(OC)c(C=NC(C)(C)Cc2ccccc2)c(OC)c1. The molecule has 0 heterocycles. The number of rotatable bonds is 7. The number of aliphatic imine (C=N–C) groups is 1. The van der Waals surface area contributed by atoms with E-state index < -0.39 is 0 Å². The third kappa shape index (κ3) is 4.51.